The van der Waals surface area contributed by atoms with Crippen LogP contribution in [-0.2, 0) is 15.7 Å². The van der Waals surface area contributed by atoms with Gasteiger partial charge in [-0.3, -0.25) is 9.59 Å². The van der Waals surface area contributed by atoms with Crippen molar-refractivity contribution in [2.45, 2.75) is 32.0 Å². The van der Waals surface area contributed by atoms with Crippen LogP contribution >= 0.6 is 0 Å². The summed E-state index contributed by atoms with van der Waals surface area (Å²) in [4.78, 5) is 30.5. The Morgan fingerprint density at radius 1 is 1.32 bits per heavy atom. The summed E-state index contributed by atoms with van der Waals surface area (Å²) in [7, 11) is 1.54. The van der Waals surface area contributed by atoms with Crippen LogP contribution in [-0.4, -0.2) is 59.7 Å². The van der Waals surface area contributed by atoms with Gasteiger partial charge < -0.3 is 19.5 Å². The van der Waals surface area contributed by atoms with Crippen molar-refractivity contribution in [3.63, 3.8) is 0 Å². The van der Waals surface area contributed by atoms with E-state index >= 15 is 0 Å². The molecule has 8 nitrogen and oxygen atoms in total. The normalized spacial score (nSPS) is 19.3. The molecule has 1 aromatic carbocycles. The molecule has 2 heterocycles. The fourth-order valence-electron chi connectivity index (χ4n) is 3.44. The Morgan fingerprint density at radius 2 is 2.10 bits per heavy atom. The third-order valence-corrected chi connectivity index (χ3v) is 5.16. The van der Waals surface area contributed by atoms with Crippen LogP contribution in [0.5, 0.6) is 0 Å². The van der Waals surface area contributed by atoms with Crippen molar-refractivity contribution >= 4 is 11.8 Å². The summed E-state index contributed by atoms with van der Waals surface area (Å²) in [6, 6.07) is 5.93. The second kappa shape index (κ2) is 9.46. The zero-order chi connectivity index (χ0) is 22.6. The highest BCUT2D eigenvalue weighted by molar-refractivity contribution is 5.96. The molecule has 1 saturated heterocycles. The number of aromatic nitrogens is 2. The highest BCUT2D eigenvalue weighted by Crippen LogP contribution is 2.30. The molecular weight excluding hydrogens is 417 g/mol. The fraction of sp³-hybridized carbons (Fsp3) is 0.500. The predicted molar refractivity (Wildman–Crippen MR) is 103 cm³/mol. The number of benzene rings is 1. The number of piperidine rings is 1. The smallest absolute Gasteiger partial charge is 0.383 e. The number of nitrogens with zero attached hydrogens (tertiary/aromatic N) is 3. The molecule has 1 aromatic heterocycles. The Labute approximate surface area is 176 Å². The van der Waals surface area contributed by atoms with Crippen LogP contribution in [0.25, 0.3) is 11.4 Å². The molecule has 1 aliphatic heterocycles. The van der Waals surface area contributed by atoms with E-state index in [1.807, 2.05) is 6.92 Å². The number of ether oxygens (including phenoxy) is 1. The molecule has 2 amide bonds. The van der Waals surface area contributed by atoms with Gasteiger partial charge in [-0.25, -0.2) is 0 Å². The van der Waals surface area contributed by atoms with E-state index < -0.39 is 12.1 Å². The first-order valence-electron chi connectivity index (χ1n) is 9.79. The molecule has 0 spiro atoms. The van der Waals surface area contributed by atoms with Gasteiger partial charge in [-0.1, -0.05) is 17.3 Å². The number of halogens is 3. The minimum atomic E-state index is -4.75. The van der Waals surface area contributed by atoms with E-state index in [9.17, 15) is 22.8 Å². The van der Waals surface area contributed by atoms with Gasteiger partial charge >= 0.3 is 12.1 Å². The van der Waals surface area contributed by atoms with E-state index in [2.05, 4.69) is 20.0 Å². The second-order valence-electron chi connectivity index (χ2n) is 7.37. The number of hydrogen-bond donors (Lipinski definition) is 1. The van der Waals surface area contributed by atoms with Crippen molar-refractivity contribution in [3.05, 3.63) is 35.7 Å². The summed E-state index contributed by atoms with van der Waals surface area (Å²) in [5.41, 5.74) is 0.492. The SMILES string of the molecule is COCCNC(=O)[C@@H]1CC[C@H](C)N(C(=O)c2cccc(-c3noc(C(F)(F)F)n3)c2)C1. The Kier molecular flexibility index (Phi) is 6.94. The summed E-state index contributed by atoms with van der Waals surface area (Å²) < 4.78 is 47.3. The van der Waals surface area contributed by atoms with Crippen LogP contribution in [0.4, 0.5) is 13.2 Å². The van der Waals surface area contributed by atoms with Crippen molar-refractivity contribution in [2.75, 3.05) is 26.8 Å². The van der Waals surface area contributed by atoms with Crippen LogP contribution in [0, 0.1) is 5.92 Å². The number of alkyl halides is 3. The van der Waals surface area contributed by atoms with Crippen molar-refractivity contribution in [3.8, 4) is 11.4 Å². The third-order valence-electron chi connectivity index (χ3n) is 5.16. The van der Waals surface area contributed by atoms with E-state index in [4.69, 9.17) is 4.74 Å². The molecule has 0 radical (unpaired) electrons. The molecule has 168 valence electrons. The zero-order valence-electron chi connectivity index (χ0n) is 17.1. The first kappa shape index (κ1) is 22.7. The maximum Gasteiger partial charge on any atom is 0.471 e. The molecular formula is C20H23F3N4O4. The highest BCUT2D eigenvalue weighted by Gasteiger charge is 2.38. The Hall–Kier alpha value is -2.95. The molecule has 0 unspecified atom stereocenters. The molecule has 1 aliphatic rings. The van der Waals surface area contributed by atoms with Gasteiger partial charge in [0.1, 0.15) is 0 Å². The average molecular weight is 440 g/mol. The molecule has 1 N–H and O–H groups in total. The largest absolute Gasteiger partial charge is 0.471 e. The molecule has 0 saturated carbocycles. The summed E-state index contributed by atoms with van der Waals surface area (Å²) in [6.07, 6.45) is -3.43. The average Bonchev–Trinajstić information content (AvgIpc) is 3.25. The first-order chi connectivity index (χ1) is 14.7. The van der Waals surface area contributed by atoms with E-state index in [0.29, 0.717) is 26.0 Å². The third kappa shape index (κ3) is 5.40. The molecule has 0 bridgehead atoms. The number of amides is 2. The van der Waals surface area contributed by atoms with Gasteiger partial charge in [0.25, 0.3) is 5.91 Å². The van der Waals surface area contributed by atoms with Gasteiger partial charge in [0, 0.05) is 37.4 Å². The van der Waals surface area contributed by atoms with Gasteiger partial charge in [0.05, 0.1) is 12.5 Å². The molecule has 1 fully saturated rings. The summed E-state index contributed by atoms with van der Waals surface area (Å²) in [5.74, 6) is -2.51. The molecule has 2 atom stereocenters. The van der Waals surface area contributed by atoms with Crippen molar-refractivity contribution in [1.29, 1.82) is 0 Å². The van der Waals surface area contributed by atoms with Crippen LogP contribution in [0.15, 0.2) is 28.8 Å². The van der Waals surface area contributed by atoms with E-state index in [0.717, 1.165) is 0 Å². The lowest BCUT2D eigenvalue weighted by molar-refractivity contribution is -0.159. The number of likely N-dealkylation sites (tertiary alicyclic amines) is 1. The Bertz CT molecular complexity index is 931. The molecule has 3 rings (SSSR count). The minimum absolute atomic E-state index is 0.0822. The monoisotopic (exact) mass is 440 g/mol. The maximum absolute atomic E-state index is 13.1. The second-order valence-corrected chi connectivity index (χ2v) is 7.37. The zero-order valence-corrected chi connectivity index (χ0v) is 17.1. The highest BCUT2D eigenvalue weighted by atomic mass is 19.4. The quantitative estimate of drug-likeness (QED) is 0.694. The van der Waals surface area contributed by atoms with Crippen molar-refractivity contribution in [2.24, 2.45) is 5.92 Å². The molecule has 2 aromatic rings. The van der Waals surface area contributed by atoms with E-state index in [1.54, 1.807) is 18.1 Å². The summed E-state index contributed by atoms with van der Waals surface area (Å²) in [5, 5.41) is 6.15. The Morgan fingerprint density at radius 3 is 2.77 bits per heavy atom. The number of hydrogen-bond acceptors (Lipinski definition) is 6. The lowest BCUT2D eigenvalue weighted by atomic mass is 9.92. The van der Waals surface area contributed by atoms with Gasteiger partial charge in [-0.2, -0.15) is 18.2 Å². The lowest BCUT2D eigenvalue weighted by Crippen LogP contribution is -2.49. The van der Waals surface area contributed by atoms with Crippen molar-refractivity contribution in [1.82, 2.24) is 20.4 Å². The minimum Gasteiger partial charge on any atom is -0.383 e. The van der Waals surface area contributed by atoms with Crippen LogP contribution in [0.1, 0.15) is 36.0 Å². The van der Waals surface area contributed by atoms with Gasteiger partial charge in [-0.15, -0.1) is 0 Å². The maximum atomic E-state index is 13.1. The predicted octanol–water partition coefficient (Wildman–Crippen LogP) is 2.76. The number of rotatable bonds is 6. The van der Waals surface area contributed by atoms with E-state index in [-0.39, 0.29) is 47.3 Å². The number of carbonyl (C=O) groups excluding carboxylic acids is 2. The van der Waals surface area contributed by atoms with Crippen LogP contribution < -0.4 is 5.32 Å². The van der Waals surface area contributed by atoms with Crippen LogP contribution in [0.2, 0.25) is 0 Å². The topological polar surface area (TPSA) is 97.6 Å². The molecule has 11 heteroatoms. The standard InChI is InChI=1S/C20H23F3N4O4/c1-12-6-7-15(17(28)24-8-9-30-2)11-27(12)18(29)14-5-3-4-13(10-14)16-25-19(31-26-16)20(21,22)23/h3-5,10,12,15H,6-9,11H2,1-2H3,(H,24,28)/t12-,15+/m0/s1. The van der Waals surface area contributed by atoms with Crippen LogP contribution in [0.3, 0.4) is 0 Å². The number of carbonyl (C=O) groups is 2. The van der Waals surface area contributed by atoms with Gasteiger partial charge in [-0.05, 0) is 31.9 Å². The van der Waals surface area contributed by atoms with Crippen molar-refractivity contribution < 1.29 is 32.0 Å². The summed E-state index contributed by atoms with van der Waals surface area (Å²) >= 11 is 0. The lowest BCUT2D eigenvalue weighted by Gasteiger charge is -2.37. The summed E-state index contributed by atoms with van der Waals surface area (Å²) in [6.45, 7) is 2.94. The van der Waals surface area contributed by atoms with E-state index in [1.165, 1.54) is 18.2 Å². The molecule has 31 heavy (non-hydrogen) atoms. The Balaban J connectivity index is 1.75. The number of nitrogens with one attached hydrogen (secondary N) is 1. The fourth-order valence-corrected chi connectivity index (χ4v) is 3.44. The van der Waals surface area contributed by atoms with Gasteiger partial charge in [0.2, 0.25) is 11.7 Å². The van der Waals surface area contributed by atoms with Gasteiger partial charge in [0.15, 0.2) is 0 Å². The first-order valence-corrected chi connectivity index (χ1v) is 9.79. The number of methoxy groups -OCH3 is 1. The molecule has 0 aliphatic carbocycles.